The van der Waals surface area contributed by atoms with Crippen molar-refractivity contribution in [3.8, 4) is 11.5 Å². The molecule has 0 radical (unpaired) electrons. The first-order valence-electron chi connectivity index (χ1n) is 9.14. The van der Waals surface area contributed by atoms with Gasteiger partial charge in [-0.2, -0.15) is 0 Å². The molecule has 3 rings (SSSR count). The van der Waals surface area contributed by atoms with E-state index >= 15 is 0 Å². The Morgan fingerprint density at radius 3 is 2.32 bits per heavy atom. The summed E-state index contributed by atoms with van der Waals surface area (Å²) in [7, 11) is 2.92. The lowest BCUT2D eigenvalue weighted by atomic mass is 10.1. The molecular formula is C21H24N2O5. The fraction of sp³-hybridized carbons (Fsp3) is 0.333. The lowest BCUT2D eigenvalue weighted by molar-refractivity contribution is -0.118. The number of nitrogens with zero attached hydrogens (tertiary/aromatic N) is 1. The Hall–Kier alpha value is -3.22. The second-order valence-electron chi connectivity index (χ2n) is 6.43. The van der Waals surface area contributed by atoms with E-state index in [0.29, 0.717) is 22.7 Å². The Morgan fingerprint density at radius 2 is 1.68 bits per heavy atom. The van der Waals surface area contributed by atoms with Gasteiger partial charge in [0.1, 0.15) is 11.5 Å². The van der Waals surface area contributed by atoms with Crippen LogP contribution in [0, 0.1) is 0 Å². The van der Waals surface area contributed by atoms with Gasteiger partial charge in [-0.1, -0.05) is 0 Å². The molecule has 2 aromatic rings. The second-order valence-corrected chi connectivity index (χ2v) is 6.43. The number of carbonyl (C=O) groups excluding carboxylic acids is 2. The number of methoxy groups -OCH3 is 2. The maximum absolute atomic E-state index is 12.4. The molecule has 1 heterocycles. The molecule has 0 saturated carbocycles. The van der Waals surface area contributed by atoms with Crippen LogP contribution in [0.4, 0.5) is 11.4 Å². The van der Waals surface area contributed by atoms with Crippen LogP contribution in [0.1, 0.15) is 23.2 Å². The van der Waals surface area contributed by atoms with Gasteiger partial charge in [-0.25, -0.2) is 4.79 Å². The SMILES string of the molecule is COC(=O)c1ccc(N2CCCC2)c(NC(=O)COc2ccc(OC)cc2)c1. The van der Waals surface area contributed by atoms with Gasteiger partial charge >= 0.3 is 5.97 Å². The third kappa shape index (κ3) is 4.73. The first-order chi connectivity index (χ1) is 13.6. The molecular weight excluding hydrogens is 360 g/mol. The summed E-state index contributed by atoms with van der Waals surface area (Å²) < 4.78 is 15.4. The Bertz CT molecular complexity index is 829. The van der Waals surface area contributed by atoms with Crippen molar-refractivity contribution >= 4 is 23.3 Å². The number of ether oxygens (including phenoxy) is 3. The summed E-state index contributed by atoms with van der Waals surface area (Å²) in [6, 6.07) is 12.2. The first-order valence-corrected chi connectivity index (χ1v) is 9.14. The van der Waals surface area contributed by atoms with Crippen molar-refractivity contribution in [2.75, 3.05) is 44.1 Å². The number of benzene rings is 2. The zero-order valence-electron chi connectivity index (χ0n) is 16.1. The number of esters is 1. The summed E-state index contributed by atoms with van der Waals surface area (Å²) in [6.07, 6.45) is 2.21. The smallest absolute Gasteiger partial charge is 0.337 e. The molecule has 1 N–H and O–H groups in total. The summed E-state index contributed by atoms with van der Waals surface area (Å²) in [6.45, 7) is 1.69. The zero-order chi connectivity index (χ0) is 19.9. The predicted octanol–water partition coefficient (Wildman–Crippen LogP) is 3.10. The third-order valence-corrected chi connectivity index (χ3v) is 4.57. The molecule has 28 heavy (non-hydrogen) atoms. The Balaban J connectivity index is 1.70. The van der Waals surface area contributed by atoms with Crippen LogP contribution in [-0.4, -0.2) is 45.8 Å². The van der Waals surface area contributed by atoms with Crippen molar-refractivity contribution in [2.45, 2.75) is 12.8 Å². The summed E-state index contributed by atoms with van der Waals surface area (Å²) in [5.41, 5.74) is 1.85. The highest BCUT2D eigenvalue weighted by molar-refractivity contribution is 5.98. The Morgan fingerprint density at radius 1 is 1.00 bits per heavy atom. The van der Waals surface area contributed by atoms with E-state index in [4.69, 9.17) is 14.2 Å². The third-order valence-electron chi connectivity index (χ3n) is 4.57. The van der Waals surface area contributed by atoms with Gasteiger partial charge in [0, 0.05) is 13.1 Å². The van der Waals surface area contributed by atoms with Gasteiger partial charge in [0.15, 0.2) is 6.61 Å². The van der Waals surface area contributed by atoms with E-state index in [1.54, 1.807) is 43.5 Å². The van der Waals surface area contributed by atoms with Gasteiger partial charge in [-0.05, 0) is 55.3 Å². The molecule has 7 nitrogen and oxygen atoms in total. The summed E-state index contributed by atoms with van der Waals surface area (Å²) in [5.74, 6) is 0.530. The van der Waals surface area contributed by atoms with Crippen LogP contribution in [0.2, 0.25) is 0 Å². The largest absolute Gasteiger partial charge is 0.497 e. The van der Waals surface area contributed by atoms with Crippen LogP contribution in [0.5, 0.6) is 11.5 Å². The lowest BCUT2D eigenvalue weighted by Crippen LogP contribution is -2.24. The molecule has 7 heteroatoms. The molecule has 0 atom stereocenters. The van der Waals surface area contributed by atoms with E-state index in [0.717, 1.165) is 31.6 Å². The van der Waals surface area contributed by atoms with Crippen LogP contribution >= 0.6 is 0 Å². The monoisotopic (exact) mass is 384 g/mol. The number of nitrogens with one attached hydrogen (secondary N) is 1. The lowest BCUT2D eigenvalue weighted by Gasteiger charge is -2.22. The van der Waals surface area contributed by atoms with Crippen molar-refractivity contribution in [3.63, 3.8) is 0 Å². The van der Waals surface area contributed by atoms with Crippen molar-refractivity contribution in [3.05, 3.63) is 48.0 Å². The number of hydrogen-bond donors (Lipinski definition) is 1. The van der Waals surface area contributed by atoms with Gasteiger partial charge in [0.05, 0.1) is 31.2 Å². The minimum absolute atomic E-state index is 0.145. The molecule has 1 fully saturated rings. The van der Waals surface area contributed by atoms with E-state index in [2.05, 4.69) is 10.2 Å². The van der Waals surface area contributed by atoms with Crippen LogP contribution in [0.15, 0.2) is 42.5 Å². The number of amides is 1. The molecule has 1 amide bonds. The molecule has 0 unspecified atom stereocenters. The maximum Gasteiger partial charge on any atom is 0.337 e. The Labute approximate surface area is 164 Å². The maximum atomic E-state index is 12.4. The first kappa shape index (κ1) is 19.5. The van der Waals surface area contributed by atoms with Crippen molar-refractivity contribution in [2.24, 2.45) is 0 Å². The molecule has 1 saturated heterocycles. The predicted molar refractivity (Wildman–Crippen MR) is 106 cm³/mol. The van der Waals surface area contributed by atoms with Crippen LogP contribution in [-0.2, 0) is 9.53 Å². The highest BCUT2D eigenvalue weighted by Crippen LogP contribution is 2.30. The summed E-state index contributed by atoms with van der Waals surface area (Å²) >= 11 is 0. The molecule has 2 aromatic carbocycles. The molecule has 1 aliphatic heterocycles. The molecule has 1 aliphatic rings. The molecule has 148 valence electrons. The quantitative estimate of drug-likeness (QED) is 0.739. The van der Waals surface area contributed by atoms with Crippen LogP contribution in [0.25, 0.3) is 0 Å². The minimum atomic E-state index is -0.446. The van der Waals surface area contributed by atoms with Gasteiger partial charge in [-0.15, -0.1) is 0 Å². The number of rotatable bonds is 7. The molecule has 0 aliphatic carbocycles. The van der Waals surface area contributed by atoms with E-state index in [1.165, 1.54) is 7.11 Å². The highest BCUT2D eigenvalue weighted by Gasteiger charge is 2.19. The highest BCUT2D eigenvalue weighted by atomic mass is 16.5. The summed E-state index contributed by atoms with van der Waals surface area (Å²) in [4.78, 5) is 26.5. The average Bonchev–Trinajstić information content (AvgIpc) is 3.26. The standard InChI is InChI=1S/C21H24N2O5/c1-26-16-6-8-17(9-7-16)28-14-20(24)22-18-13-15(21(25)27-2)5-10-19(18)23-11-3-4-12-23/h5-10,13H,3-4,11-12,14H2,1-2H3,(H,22,24). The normalized spacial score (nSPS) is 13.1. The second kappa shape index (κ2) is 9.12. The van der Waals surface area contributed by atoms with Gasteiger partial charge in [0.25, 0.3) is 5.91 Å². The molecule has 0 bridgehead atoms. The molecule has 0 spiro atoms. The minimum Gasteiger partial charge on any atom is -0.497 e. The number of anilines is 2. The fourth-order valence-electron chi connectivity index (χ4n) is 3.12. The topological polar surface area (TPSA) is 77.1 Å². The van der Waals surface area contributed by atoms with E-state index in [-0.39, 0.29) is 12.5 Å². The Kier molecular flexibility index (Phi) is 6.37. The van der Waals surface area contributed by atoms with Crippen LogP contribution < -0.4 is 19.7 Å². The average molecular weight is 384 g/mol. The van der Waals surface area contributed by atoms with Gasteiger partial charge in [-0.3, -0.25) is 4.79 Å². The van der Waals surface area contributed by atoms with E-state index in [9.17, 15) is 9.59 Å². The van der Waals surface area contributed by atoms with Crippen molar-refractivity contribution < 1.29 is 23.8 Å². The molecule has 0 aromatic heterocycles. The van der Waals surface area contributed by atoms with Gasteiger partial charge < -0.3 is 24.4 Å². The van der Waals surface area contributed by atoms with E-state index in [1.807, 2.05) is 6.07 Å². The van der Waals surface area contributed by atoms with E-state index < -0.39 is 5.97 Å². The fourth-order valence-corrected chi connectivity index (χ4v) is 3.12. The van der Waals surface area contributed by atoms with Crippen molar-refractivity contribution in [1.82, 2.24) is 0 Å². The van der Waals surface area contributed by atoms with Crippen molar-refractivity contribution in [1.29, 1.82) is 0 Å². The zero-order valence-corrected chi connectivity index (χ0v) is 16.1. The number of carbonyl (C=O) groups is 2. The summed E-state index contributed by atoms with van der Waals surface area (Å²) in [5, 5.41) is 2.86. The van der Waals surface area contributed by atoms with Crippen LogP contribution in [0.3, 0.4) is 0 Å². The van der Waals surface area contributed by atoms with Gasteiger partial charge in [0.2, 0.25) is 0 Å². The number of hydrogen-bond acceptors (Lipinski definition) is 6.